The van der Waals surface area contributed by atoms with Crippen LogP contribution in [-0.2, 0) is 6.42 Å². The van der Waals surface area contributed by atoms with Crippen molar-refractivity contribution in [3.05, 3.63) is 71.3 Å². The maximum Gasteiger partial charge on any atom is 0.163 e. The molecule has 0 unspecified atom stereocenters. The quantitative estimate of drug-likeness (QED) is 0.750. The average Bonchev–Trinajstić information content (AvgIpc) is 2.36. The SMILES string of the molecule is O=C(CCc1cccc(F)c1)c1cccc(F)c1. The van der Waals surface area contributed by atoms with Crippen molar-refractivity contribution in [2.24, 2.45) is 0 Å². The molecule has 0 N–H and O–H groups in total. The Morgan fingerprint density at radius 1 is 0.944 bits per heavy atom. The van der Waals surface area contributed by atoms with Gasteiger partial charge in [0.05, 0.1) is 0 Å². The van der Waals surface area contributed by atoms with Crippen LogP contribution in [0.4, 0.5) is 8.78 Å². The van der Waals surface area contributed by atoms with Crippen LogP contribution in [0.25, 0.3) is 0 Å². The molecule has 0 amide bonds. The lowest BCUT2D eigenvalue weighted by molar-refractivity contribution is 0.0982. The van der Waals surface area contributed by atoms with E-state index in [1.165, 1.54) is 30.3 Å². The number of carbonyl (C=O) groups excluding carboxylic acids is 1. The third-order valence-electron chi connectivity index (χ3n) is 2.68. The van der Waals surface area contributed by atoms with Crippen molar-refractivity contribution in [1.29, 1.82) is 0 Å². The van der Waals surface area contributed by atoms with Gasteiger partial charge in [-0.25, -0.2) is 8.78 Å². The zero-order valence-corrected chi connectivity index (χ0v) is 9.70. The molecule has 18 heavy (non-hydrogen) atoms. The van der Waals surface area contributed by atoms with Gasteiger partial charge < -0.3 is 0 Å². The van der Waals surface area contributed by atoms with Gasteiger partial charge in [-0.05, 0) is 36.2 Å². The Kier molecular flexibility index (Phi) is 3.82. The third kappa shape index (κ3) is 3.23. The van der Waals surface area contributed by atoms with E-state index >= 15 is 0 Å². The average molecular weight is 246 g/mol. The lowest BCUT2D eigenvalue weighted by Gasteiger charge is -2.02. The molecule has 0 fully saturated rings. The van der Waals surface area contributed by atoms with Gasteiger partial charge in [-0.1, -0.05) is 24.3 Å². The van der Waals surface area contributed by atoms with Crippen LogP contribution in [0.5, 0.6) is 0 Å². The van der Waals surface area contributed by atoms with Crippen molar-refractivity contribution in [3.8, 4) is 0 Å². The topological polar surface area (TPSA) is 17.1 Å². The molecule has 0 heterocycles. The summed E-state index contributed by atoms with van der Waals surface area (Å²) in [5, 5.41) is 0. The summed E-state index contributed by atoms with van der Waals surface area (Å²) in [6.45, 7) is 0. The van der Waals surface area contributed by atoms with Gasteiger partial charge in [-0.2, -0.15) is 0 Å². The number of aryl methyl sites for hydroxylation is 1. The Morgan fingerprint density at radius 3 is 2.28 bits per heavy atom. The number of halogens is 2. The minimum atomic E-state index is -0.424. The fourth-order valence-corrected chi connectivity index (χ4v) is 1.76. The molecular weight excluding hydrogens is 234 g/mol. The second kappa shape index (κ2) is 5.54. The predicted octanol–water partition coefficient (Wildman–Crippen LogP) is 3.78. The third-order valence-corrected chi connectivity index (χ3v) is 2.68. The lowest BCUT2D eigenvalue weighted by atomic mass is 10.0. The molecule has 2 rings (SSSR count). The van der Waals surface area contributed by atoms with Crippen LogP contribution in [0, 0.1) is 11.6 Å². The summed E-state index contributed by atoms with van der Waals surface area (Å²) >= 11 is 0. The smallest absolute Gasteiger partial charge is 0.163 e. The molecule has 0 atom stereocenters. The van der Waals surface area contributed by atoms with Crippen molar-refractivity contribution < 1.29 is 13.6 Å². The van der Waals surface area contributed by atoms with Crippen molar-refractivity contribution in [1.82, 2.24) is 0 Å². The zero-order valence-electron chi connectivity index (χ0n) is 9.70. The molecule has 0 aliphatic carbocycles. The monoisotopic (exact) mass is 246 g/mol. The molecule has 3 heteroatoms. The van der Waals surface area contributed by atoms with Crippen LogP contribution in [0.2, 0.25) is 0 Å². The van der Waals surface area contributed by atoms with Gasteiger partial charge in [-0.3, -0.25) is 4.79 Å². The molecule has 2 aromatic carbocycles. The Morgan fingerprint density at radius 2 is 1.61 bits per heavy atom. The molecule has 92 valence electrons. The minimum absolute atomic E-state index is 0.140. The number of ketones is 1. The van der Waals surface area contributed by atoms with Crippen LogP contribution in [-0.4, -0.2) is 5.78 Å². The number of carbonyl (C=O) groups is 1. The van der Waals surface area contributed by atoms with E-state index in [1.54, 1.807) is 18.2 Å². The number of hydrogen-bond donors (Lipinski definition) is 0. The van der Waals surface area contributed by atoms with Gasteiger partial charge in [0.15, 0.2) is 5.78 Å². The fraction of sp³-hybridized carbons (Fsp3) is 0.133. The van der Waals surface area contributed by atoms with E-state index in [4.69, 9.17) is 0 Å². The highest BCUT2D eigenvalue weighted by molar-refractivity contribution is 5.96. The molecule has 0 saturated carbocycles. The number of rotatable bonds is 4. The summed E-state index contributed by atoms with van der Waals surface area (Å²) in [5.41, 5.74) is 1.12. The summed E-state index contributed by atoms with van der Waals surface area (Å²) in [4.78, 5) is 11.8. The van der Waals surface area contributed by atoms with Crippen LogP contribution in [0.15, 0.2) is 48.5 Å². The number of hydrogen-bond acceptors (Lipinski definition) is 1. The second-order valence-electron chi connectivity index (χ2n) is 4.06. The fourth-order valence-electron chi connectivity index (χ4n) is 1.76. The van der Waals surface area contributed by atoms with Gasteiger partial charge >= 0.3 is 0 Å². The Bertz CT molecular complexity index is 564. The first-order valence-corrected chi connectivity index (χ1v) is 5.68. The first-order chi connectivity index (χ1) is 8.65. The first-order valence-electron chi connectivity index (χ1n) is 5.68. The summed E-state index contributed by atoms with van der Waals surface area (Å²) in [7, 11) is 0. The van der Waals surface area contributed by atoms with E-state index in [2.05, 4.69) is 0 Å². The standard InChI is InChI=1S/C15H12F2O/c16-13-5-1-3-11(9-13)7-8-15(18)12-4-2-6-14(17)10-12/h1-6,9-10H,7-8H2. The van der Waals surface area contributed by atoms with Gasteiger partial charge in [0, 0.05) is 12.0 Å². The molecule has 0 aliphatic heterocycles. The molecule has 0 spiro atoms. The predicted molar refractivity (Wildman–Crippen MR) is 65.5 cm³/mol. The maximum absolute atomic E-state index is 12.9. The highest BCUT2D eigenvalue weighted by Crippen LogP contribution is 2.11. The van der Waals surface area contributed by atoms with Gasteiger partial charge in [-0.15, -0.1) is 0 Å². The second-order valence-corrected chi connectivity index (χ2v) is 4.06. The number of benzene rings is 2. The van der Waals surface area contributed by atoms with E-state index in [-0.39, 0.29) is 18.0 Å². The van der Waals surface area contributed by atoms with Crippen LogP contribution in [0.3, 0.4) is 0 Å². The van der Waals surface area contributed by atoms with Crippen LogP contribution in [0.1, 0.15) is 22.3 Å². The summed E-state index contributed by atoms with van der Waals surface area (Å²) < 4.78 is 25.9. The Labute approximate surface area is 104 Å². The molecule has 0 aliphatic rings. The van der Waals surface area contributed by atoms with E-state index in [0.29, 0.717) is 12.0 Å². The van der Waals surface area contributed by atoms with Crippen LogP contribution >= 0.6 is 0 Å². The summed E-state index contributed by atoms with van der Waals surface area (Å²) in [5.74, 6) is -0.879. The van der Waals surface area contributed by atoms with Gasteiger partial charge in [0.25, 0.3) is 0 Å². The zero-order chi connectivity index (χ0) is 13.0. The van der Waals surface area contributed by atoms with E-state index < -0.39 is 5.82 Å². The molecule has 0 saturated heterocycles. The highest BCUT2D eigenvalue weighted by Gasteiger charge is 2.07. The van der Waals surface area contributed by atoms with Crippen molar-refractivity contribution in [2.45, 2.75) is 12.8 Å². The molecule has 2 aromatic rings. The Hall–Kier alpha value is -2.03. The van der Waals surface area contributed by atoms with Crippen LogP contribution < -0.4 is 0 Å². The summed E-state index contributed by atoms with van der Waals surface area (Å²) in [6, 6.07) is 11.7. The molecule has 0 bridgehead atoms. The lowest BCUT2D eigenvalue weighted by Crippen LogP contribution is -2.01. The van der Waals surface area contributed by atoms with Crippen molar-refractivity contribution in [3.63, 3.8) is 0 Å². The summed E-state index contributed by atoms with van der Waals surface area (Å²) in [6.07, 6.45) is 0.694. The number of Topliss-reactive ketones (excluding diaryl/α,β-unsaturated/α-hetero) is 1. The Balaban J connectivity index is 2.00. The minimum Gasteiger partial charge on any atom is -0.294 e. The normalized spacial score (nSPS) is 10.3. The van der Waals surface area contributed by atoms with Crippen molar-refractivity contribution in [2.75, 3.05) is 0 Å². The first kappa shape index (κ1) is 12.4. The van der Waals surface area contributed by atoms with E-state index in [9.17, 15) is 13.6 Å². The van der Waals surface area contributed by atoms with Crippen molar-refractivity contribution >= 4 is 5.78 Å². The molecule has 0 radical (unpaired) electrons. The maximum atomic E-state index is 12.9. The van der Waals surface area contributed by atoms with E-state index in [0.717, 1.165) is 5.56 Å². The molecule has 1 nitrogen and oxygen atoms in total. The van der Waals surface area contributed by atoms with Gasteiger partial charge in [0.2, 0.25) is 0 Å². The molecular formula is C15H12F2O. The van der Waals surface area contributed by atoms with Gasteiger partial charge in [0.1, 0.15) is 11.6 Å². The van der Waals surface area contributed by atoms with E-state index in [1.807, 2.05) is 0 Å². The molecule has 0 aromatic heterocycles. The highest BCUT2D eigenvalue weighted by atomic mass is 19.1. The largest absolute Gasteiger partial charge is 0.294 e.